The first-order valence-electron chi connectivity index (χ1n) is 7.04. The Morgan fingerprint density at radius 1 is 1.29 bits per heavy atom. The van der Waals surface area contributed by atoms with Crippen LogP contribution in [0.1, 0.15) is 51.9 Å². The number of nitrogens with one attached hydrogen (secondary N) is 1. The lowest BCUT2D eigenvalue weighted by atomic mass is 9.82. The fraction of sp³-hybridized carbons (Fsp3) is 0.929. The molecule has 3 nitrogen and oxygen atoms in total. The van der Waals surface area contributed by atoms with Gasteiger partial charge in [0.1, 0.15) is 0 Å². The highest BCUT2D eigenvalue weighted by Gasteiger charge is 2.42. The average Bonchev–Trinajstić information content (AvgIpc) is 3.08. The number of carbonyl (C=O) groups is 1. The van der Waals surface area contributed by atoms with Crippen LogP contribution in [-0.4, -0.2) is 24.2 Å². The van der Waals surface area contributed by atoms with Crippen molar-refractivity contribution in [1.82, 2.24) is 5.32 Å². The van der Waals surface area contributed by atoms with E-state index in [1.54, 1.807) is 0 Å². The topological polar surface area (TPSA) is 49.3 Å². The molecule has 1 amide bonds. The highest BCUT2D eigenvalue weighted by Crippen LogP contribution is 2.48. The van der Waals surface area contributed by atoms with E-state index in [9.17, 15) is 4.79 Å². The Balaban J connectivity index is 1.70. The lowest BCUT2D eigenvalue weighted by molar-refractivity contribution is -0.126. The first-order chi connectivity index (χ1) is 8.15. The third kappa shape index (κ3) is 3.44. The zero-order valence-corrected chi connectivity index (χ0v) is 10.9. The summed E-state index contributed by atoms with van der Waals surface area (Å²) in [6, 6.07) is 0. The summed E-state index contributed by atoms with van der Waals surface area (Å²) in [6.07, 6.45) is 7.67. The molecular weight excluding hydrogens is 214 g/mol. The molecule has 0 heterocycles. The van der Waals surface area contributed by atoms with Gasteiger partial charge >= 0.3 is 0 Å². The van der Waals surface area contributed by atoms with Crippen molar-refractivity contribution >= 4 is 5.91 Å². The Morgan fingerprint density at radius 2 is 1.94 bits per heavy atom. The summed E-state index contributed by atoms with van der Waals surface area (Å²) in [4.78, 5) is 12.0. The summed E-state index contributed by atoms with van der Waals surface area (Å²) in [5.74, 6) is 1.29. The zero-order valence-electron chi connectivity index (χ0n) is 10.9. The SMILES string of the molecule is CC1CCC(C(=O)NCC2(CCO)CC2)CC1. The molecule has 2 rings (SSSR count). The van der Waals surface area contributed by atoms with Crippen molar-refractivity contribution in [3.05, 3.63) is 0 Å². The van der Waals surface area contributed by atoms with E-state index in [1.165, 1.54) is 12.8 Å². The Labute approximate surface area is 104 Å². The largest absolute Gasteiger partial charge is 0.396 e. The Bertz CT molecular complexity index is 265. The second-order valence-electron chi connectivity index (χ2n) is 6.15. The van der Waals surface area contributed by atoms with Gasteiger partial charge in [0.2, 0.25) is 5.91 Å². The Morgan fingerprint density at radius 3 is 2.47 bits per heavy atom. The molecule has 0 atom stereocenters. The summed E-state index contributed by atoms with van der Waals surface area (Å²) in [6.45, 7) is 3.30. The van der Waals surface area contributed by atoms with Crippen molar-refractivity contribution in [3.63, 3.8) is 0 Å². The molecule has 0 saturated heterocycles. The number of aliphatic hydroxyl groups is 1. The normalized spacial score (nSPS) is 30.9. The van der Waals surface area contributed by atoms with Crippen LogP contribution < -0.4 is 5.32 Å². The minimum Gasteiger partial charge on any atom is -0.396 e. The maximum Gasteiger partial charge on any atom is 0.223 e. The van der Waals surface area contributed by atoms with Crippen LogP contribution >= 0.6 is 0 Å². The fourth-order valence-corrected chi connectivity index (χ4v) is 2.87. The summed E-state index contributed by atoms with van der Waals surface area (Å²) in [7, 11) is 0. The zero-order chi connectivity index (χ0) is 12.3. The maximum absolute atomic E-state index is 12.0. The number of hydrogen-bond acceptors (Lipinski definition) is 2. The predicted molar refractivity (Wildman–Crippen MR) is 67.5 cm³/mol. The summed E-state index contributed by atoms with van der Waals surface area (Å²) < 4.78 is 0. The molecule has 17 heavy (non-hydrogen) atoms. The quantitative estimate of drug-likeness (QED) is 0.772. The standard InChI is InChI=1S/C14H25NO2/c1-11-2-4-12(5-3-11)13(17)15-10-14(6-7-14)8-9-16/h11-12,16H,2-10H2,1H3,(H,15,17). The monoisotopic (exact) mass is 239 g/mol. The first-order valence-corrected chi connectivity index (χ1v) is 7.04. The molecule has 0 spiro atoms. The third-order valence-corrected chi connectivity index (χ3v) is 4.62. The molecule has 0 bridgehead atoms. The van der Waals surface area contributed by atoms with Crippen molar-refractivity contribution in [2.24, 2.45) is 17.3 Å². The first kappa shape index (κ1) is 12.9. The van der Waals surface area contributed by atoms with E-state index in [0.717, 1.165) is 44.6 Å². The molecule has 2 aliphatic rings. The molecule has 0 radical (unpaired) electrons. The van der Waals surface area contributed by atoms with Gasteiger partial charge in [-0.3, -0.25) is 4.79 Å². The lowest BCUT2D eigenvalue weighted by Crippen LogP contribution is -2.36. The Kier molecular flexibility index (Phi) is 4.08. The van der Waals surface area contributed by atoms with Crippen molar-refractivity contribution in [2.75, 3.05) is 13.2 Å². The van der Waals surface area contributed by atoms with Crippen molar-refractivity contribution in [2.45, 2.75) is 51.9 Å². The van der Waals surface area contributed by atoms with Crippen molar-refractivity contribution in [3.8, 4) is 0 Å². The van der Waals surface area contributed by atoms with Crippen LogP contribution in [0.15, 0.2) is 0 Å². The van der Waals surface area contributed by atoms with Crippen molar-refractivity contribution in [1.29, 1.82) is 0 Å². The molecule has 3 heteroatoms. The molecular formula is C14H25NO2. The van der Waals surface area contributed by atoms with Gasteiger partial charge in [0.15, 0.2) is 0 Å². The van der Waals surface area contributed by atoms with E-state index >= 15 is 0 Å². The summed E-state index contributed by atoms with van der Waals surface area (Å²) in [5.41, 5.74) is 0.242. The third-order valence-electron chi connectivity index (χ3n) is 4.62. The van der Waals surface area contributed by atoms with Crippen LogP contribution in [0.2, 0.25) is 0 Å². The highest BCUT2D eigenvalue weighted by atomic mass is 16.3. The number of aliphatic hydroxyl groups excluding tert-OH is 1. The van der Waals surface area contributed by atoms with E-state index in [-0.39, 0.29) is 23.8 Å². The second-order valence-corrected chi connectivity index (χ2v) is 6.15. The second kappa shape index (κ2) is 5.38. The van der Waals surface area contributed by atoms with Gasteiger partial charge in [-0.2, -0.15) is 0 Å². The van der Waals surface area contributed by atoms with Gasteiger partial charge in [-0.05, 0) is 56.3 Å². The van der Waals surface area contributed by atoms with E-state index in [1.807, 2.05) is 0 Å². The van der Waals surface area contributed by atoms with E-state index in [4.69, 9.17) is 5.11 Å². The molecule has 2 aliphatic carbocycles. The van der Waals surface area contributed by atoms with Crippen LogP contribution in [0.25, 0.3) is 0 Å². The molecule has 0 aliphatic heterocycles. The number of hydrogen-bond donors (Lipinski definition) is 2. The molecule has 0 aromatic heterocycles. The smallest absolute Gasteiger partial charge is 0.223 e. The van der Waals surface area contributed by atoms with Gasteiger partial charge in [0, 0.05) is 19.1 Å². The molecule has 0 aromatic rings. The number of amides is 1. The predicted octanol–water partition coefficient (Wildman–Crippen LogP) is 2.09. The minimum absolute atomic E-state index is 0.242. The number of rotatable bonds is 5. The fourth-order valence-electron chi connectivity index (χ4n) is 2.87. The molecule has 2 saturated carbocycles. The molecule has 0 aromatic carbocycles. The van der Waals surface area contributed by atoms with Crippen LogP contribution in [0.5, 0.6) is 0 Å². The lowest BCUT2D eigenvalue weighted by Gasteiger charge is -2.26. The molecule has 2 fully saturated rings. The van der Waals surface area contributed by atoms with Gasteiger partial charge in [-0.25, -0.2) is 0 Å². The van der Waals surface area contributed by atoms with Crippen LogP contribution in [0, 0.1) is 17.3 Å². The van der Waals surface area contributed by atoms with Crippen LogP contribution in [0.4, 0.5) is 0 Å². The highest BCUT2D eigenvalue weighted by molar-refractivity contribution is 5.78. The van der Waals surface area contributed by atoms with Gasteiger partial charge in [-0.15, -0.1) is 0 Å². The van der Waals surface area contributed by atoms with E-state index < -0.39 is 0 Å². The van der Waals surface area contributed by atoms with Crippen molar-refractivity contribution < 1.29 is 9.90 Å². The number of carbonyl (C=O) groups excluding carboxylic acids is 1. The van der Waals surface area contributed by atoms with E-state index in [2.05, 4.69) is 12.2 Å². The van der Waals surface area contributed by atoms with Gasteiger partial charge in [-0.1, -0.05) is 6.92 Å². The summed E-state index contributed by atoms with van der Waals surface area (Å²) >= 11 is 0. The molecule has 2 N–H and O–H groups in total. The van der Waals surface area contributed by atoms with Crippen LogP contribution in [-0.2, 0) is 4.79 Å². The molecule has 98 valence electrons. The van der Waals surface area contributed by atoms with Gasteiger partial charge in [0.25, 0.3) is 0 Å². The minimum atomic E-state index is 0.242. The molecule has 0 unspecified atom stereocenters. The van der Waals surface area contributed by atoms with Gasteiger partial charge in [0.05, 0.1) is 0 Å². The Hall–Kier alpha value is -0.570. The van der Waals surface area contributed by atoms with Crippen LogP contribution in [0.3, 0.4) is 0 Å². The summed E-state index contributed by atoms with van der Waals surface area (Å²) in [5, 5.41) is 12.1. The van der Waals surface area contributed by atoms with Gasteiger partial charge < -0.3 is 10.4 Å². The average molecular weight is 239 g/mol. The maximum atomic E-state index is 12.0. The van der Waals surface area contributed by atoms with E-state index in [0.29, 0.717) is 0 Å².